The van der Waals surface area contributed by atoms with Gasteiger partial charge in [0.15, 0.2) is 5.78 Å². The van der Waals surface area contributed by atoms with Crippen LogP contribution in [0.3, 0.4) is 0 Å². The van der Waals surface area contributed by atoms with Crippen LogP contribution in [0.5, 0.6) is 5.75 Å². The monoisotopic (exact) mass is 415 g/mol. The smallest absolute Gasteiger partial charge is 0.182 e. The van der Waals surface area contributed by atoms with Crippen molar-refractivity contribution in [2.45, 2.75) is 18.0 Å². The van der Waals surface area contributed by atoms with Gasteiger partial charge in [-0.25, -0.2) is 0 Å². The molecule has 5 rings (SSSR count). The van der Waals surface area contributed by atoms with Crippen LogP contribution in [0, 0.1) is 0 Å². The summed E-state index contributed by atoms with van der Waals surface area (Å²) in [5.41, 5.74) is 3.74. The van der Waals surface area contributed by atoms with Gasteiger partial charge in [0.25, 0.3) is 0 Å². The molecule has 0 bridgehead atoms. The zero-order chi connectivity index (χ0) is 20.3. The minimum absolute atomic E-state index is 0.0756. The van der Waals surface area contributed by atoms with E-state index in [1.54, 1.807) is 24.2 Å². The first kappa shape index (κ1) is 18.9. The Hall–Kier alpha value is -3.09. The van der Waals surface area contributed by atoms with Crippen molar-refractivity contribution in [3.05, 3.63) is 95.9 Å². The summed E-state index contributed by atoms with van der Waals surface area (Å²) in [5.74, 6) is 1.52. The van der Waals surface area contributed by atoms with E-state index in [9.17, 15) is 4.79 Å². The first-order valence-corrected chi connectivity index (χ1v) is 10.9. The number of benzene rings is 2. The molecule has 0 aliphatic carbocycles. The number of nitrogens with one attached hydrogen (secondary N) is 2. The highest BCUT2D eigenvalue weighted by Gasteiger charge is 2.32. The average Bonchev–Trinajstić information content (AvgIpc) is 3.47. The Kier molecular flexibility index (Phi) is 5.26. The van der Waals surface area contributed by atoms with Gasteiger partial charge in [-0.3, -0.25) is 15.1 Å². The molecule has 5 nitrogen and oxygen atoms in total. The highest BCUT2D eigenvalue weighted by atomic mass is 32.2. The molecule has 0 saturated carbocycles. The van der Waals surface area contributed by atoms with Crippen LogP contribution in [-0.4, -0.2) is 27.5 Å². The number of nitrogens with zero attached hydrogens (tertiary/aromatic N) is 1. The predicted molar refractivity (Wildman–Crippen MR) is 120 cm³/mol. The van der Waals surface area contributed by atoms with E-state index in [0.717, 1.165) is 33.5 Å². The molecule has 150 valence electrons. The highest BCUT2D eigenvalue weighted by molar-refractivity contribution is 7.99. The Bertz CT molecular complexity index is 1160. The van der Waals surface area contributed by atoms with Gasteiger partial charge in [-0.15, -0.1) is 11.8 Å². The number of aromatic nitrogens is 2. The first-order valence-electron chi connectivity index (χ1n) is 9.88. The number of Topliss-reactive ketones (excluding diaryl/α,β-unsaturated/α-hetero) is 1. The van der Waals surface area contributed by atoms with E-state index in [0.29, 0.717) is 12.2 Å². The molecule has 30 heavy (non-hydrogen) atoms. The lowest BCUT2D eigenvalue weighted by atomic mass is 10.0. The van der Waals surface area contributed by atoms with Gasteiger partial charge >= 0.3 is 0 Å². The van der Waals surface area contributed by atoms with Crippen molar-refractivity contribution >= 4 is 28.4 Å². The number of rotatable bonds is 6. The van der Waals surface area contributed by atoms with Crippen molar-refractivity contribution in [3.63, 3.8) is 0 Å². The van der Waals surface area contributed by atoms with E-state index >= 15 is 0 Å². The predicted octanol–water partition coefficient (Wildman–Crippen LogP) is 4.73. The molecule has 1 aliphatic heterocycles. The Balaban J connectivity index is 1.38. The summed E-state index contributed by atoms with van der Waals surface area (Å²) in [6.07, 6.45) is 5.40. The molecular formula is C24H21N3O2S. The van der Waals surface area contributed by atoms with Crippen molar-refractivity contribution < 1.29 is 9.53 Å². The van der Waals surface area contributed by atoms with Crippen molar-refractivity contribution in [1.82, 2.24) is 15.3 Å². The molecule has 0 spiro atoms. The number of aromatic amines is 1. The fraction of sp³-hybridized carbons (Fsp3) is 0.167. The van der Waals surface area contributed by atoms with Crippen LogP contribution in [0.1, 0.15) is 26.9 Å². The van der Waals surface area contributed by atoms with Crippen molar-refractivity contribution in [1.29, 1.82) is 0 Å². The third kappa shape index (κ3) is 3.72. The van der Waals surface area contributed by atoms with Gasteiger partial charge in [-0.1, -0.05) is 42.5 Å². The number of pyridine rings is 1. The minimum atomic E-state index is -0.249. The lowest BCUT2D eigenvalue weighted by molar-refractivity contribution is 0.0957. The van der Waals surface area contributed by atoms with Gasteiger partial charge in [-0.2, -0.15) is 0 Å². The largest absolute Gasteiger partial charge is 0.488 e. The molecule has 1 aliphatic rings. The molecule has 0 radical (unpaired) electrons. The normalized spacial score (nSPS) is 18.5. The van der Waals surface area contributed by atoms with Crippen LogP contribution in [0.15, 0.2) is 79.3 Å². The second-order valence-electron chi connectivity index (χ2n) is 7.24. The molecular weight excluding hydrogens is 394 g/mol. The quantitative estimate of drug-likeness (QED) is 0.446. The topological polar surface area (TPSA) is 67.0 Å². The fourth-order valence-corrected chi connectivity index (χ4v) is 4.96. The van der Waals surface area contributed by atoms with E-state index < -0.39 is 0 Å². The third-order valence-corrected chi connectivity index (χ3v) is 6.52. The SMILES string of the molecule is O=C(c1c[nH]c2cccc(OCc3ccccc3)c12)C1CSC(c2cccnc2)N1. The summed E-state index contributed by atoms with van der Waals surface area (Å²) < 4.78 is 6.10. The number of carbonyl (C=O) groups is 1. The van der Waals surface area contributed by atoms with Crippen molar-refractivity contribution in [2.24, 2.45) is 0 Å². The summed E-state index contributed by atoms with van der Waals surface area (Å²) in [6, 6.07) is 19.6. The summed E-state index contributed by atoms with van der Waals surface area (Å²) in [7, 11) is 0. The molecule has 2 unspecified atom stereocenters. The Labute approximate surface area is 178 Å². The number of ether oxygens (including phenoxy) is 1. The molecule has 2 aromatic heterocycles. The van der Waals surface area contributed by atoms with Crippen LogP contribution in [0.25, 0.3) is 10.9 Å². The number of carbonyl (C=O) groups excluding carboxylic acids is 1. The molecule has 6 heteroatoms. The van der Waals surface area contributed by atoms with Crippen LogP contribution in [0.4, 0.5) is 0 Å². The third-order valence-electron chi connectivity index (χ3n) is 5.26. The molecule has 0 amide bonds. The second kappa shape index (κ2) is 8.34. The average molecular weight is 416 g/mol. The van der Waals surface area contributed by atoms with E-state index in [1.165, 1.54) is 0 Å². The molecule has 1 fully saturated rings. The maximum absolute atomic E-state index is 13.4. The maximum atomic E-state index is 13.4. The molecule has 2 atom stereocenters. The Morgan fingerprint density at radius 2 is 2.00 bits per heavy atom. The minimum Gasteiger partial charge on any atom is -0.488 e. The van der Waals surface area contributed by atoms with Gasteiger partial charge in [0, 0.05) is 35.4 Å². The number of fused-ring (bicyclic) bond motifs is 1. The van der Waals surface area contributed by atoms with Crippen LogP contribution >= 0.6 is 11.8 Å². The van der Waals surface area contributed by atoms with Crippen LogP contribution < -0.4 is 10.1 Å². The van der Waals surface area contributed by atoms with Gasteiger partial charge in [-0.05, 0) is 29.3 Å². The van der Waals surface area contributed by atoms with E-state index in [-0.39, 0.29) is 17.2 Å². The van der Waals surface area contributed by atoms with E-state index in [2.05, 4.69) is 15.3 Å². The molecule has 2 N–H and O–H groups in total. The fourth-order valence-electron chi connectivity index (χ4n) is 3.74. The van der Waals surface area contributed by atoms with Crippen LogP contribution in [-0.2, 0) is 6.61 Å². The highest BCUT2D eigenvalue weighted by Crippen LogP contribution is 2.35. The van der Waals surface area contributed by atoms with Gasteiger partial charge in [0.05, 0.1) is 16.8 Å². The summed E-state index contributed by atoms with van der Waals surface area (Å²) in [6.45, 7) is 0.458. The molecule has 1 saturated heterocycles. The number of ketones is 1. The van der Waals surface area contributed by atoms with Gasteiger partial charge in [0.2, 0.25) is 0 Å². The van der Waals surface area contributed by atoms with Crippen LogP contribution in [0.2, 0.25) is 0 Å². The summed E-state index contributed by atoms with van der Waals surface area (Å²) in [4.78, 5) is 20.8. The van der Waals surface area contributed by atoms with Gasteiger partial charge < -0.3 is 9.72 Å². The van der Waals surface area contributed by atoms with Crippen molar-refractivity contribution in [3.8, 4) is 5.75 Å². The zero-order valence-corrected chi connectivity index (χ0v) is 17.1. The van der Waals surface area contributed by atoms with E-state index in [1.807, 2.05) is 66.9 Å². The Morgan fingerprint density at radius 1 is 1.10 bits per heavy atom. The van der Waals surface area contributed by atoms with E-state index in [4.69, 9.17) is 4.74 Å². The number of hydrogen-bond donors (Lipinski definition) is 2. The number of hydrogen-bond acceptors (Lipinski definition) is 5. The lowest BCUT2D eigenvalue weighted by Gasteiger charge is -2.13. The number of thioether (sulfide) groups is 1. The molecule has 3 heterocycles. The number of H-pyrrole nitrogens is 1. The van der Waals surface area contributed by atoms with Crippen molar-refractivity contribution in [2.75, 3.05) is 5.75 Å². The maximum Gasteiger partial charge on any atom is 0.182 e. The standard InChI is InChI=1S/C24H21N3O2S/c28-23(20-15-30-24(27-20)17-8-5-11-25-12-17)18-13-26-19-9-4-10-21(22(18)19)29-14-16-6-2-1-3-7-16/h1-13,20,24,26-27H,14-15H2. The molecule has 4 aromatic rings. The first-order chi connectivity index (χ1) is 14.8. The summed E-state index contributed by atoms with van der Waals surface area (Å²) >= 11 is 1.73. The zero-order valence-electron chi connectivity index (χ0n) is 16.2. The Morgan fingerprint density at radius 3 is 2.83 bits per heavy atom. The lowest BCUT2D eigenvalue weighted by Crippen LogP contribution is -2.34. The second-order valence-corrected chi connectivity index (χ2v) is 8.38. The molecule has 2 aromatic carbocycles. The van der Waals surface area contributed by atoms with Gasteiger partial charge in [0.1, 0.15) is 12.4 Å². The summed E-state index contributed by atoms with van der Waals surface area (Å²) in [5, 5.41) is 4.37.